The molecule has 0 saturated heterocycles. The summed E-state index contributed by atoms with van der Waals surface area (Å²) in [6.45, 7) is 0. The van der Waals surface area contributed by atoms with E-state index < -0.39 is 0 Å². The monoisotopic (exact) mass is 318 g/mol. The molecular formula is C14H17BrClF. The Morgan fingerprint density at radius 2 is 1.94 bits per heavy atom. The van der Waals surface area contributed by atoms with Crippen LogP contribution in [0.5, 0.6) is 0 Å². The zero-order valence-electron chi connectivity index (χ0n) is 9.82. The van der Waals surface area contributed by atoms with Gasteiger partial charge in [0.1, 0.15) is 5.82 Å². The minimum Gasteiger partial charge on any atom is -0.207 e. The van der Waals surface area contributed by atoms with Crippen LogP contribution in [-0.4, -0.2) is 5.88 Å². The number of benzene rings is 1. The lowest BCUT2D eigenvalue weighted by Gasteiger charge is -2.36. The van der Waals surface area contributed by atoms with E-state index in [1.807, 2.05) is 6.07 Å². The molecule has 0 spiro atoms. The van der Waals surface area contributed by atoms with E-state index in [4.69, 9.17) is 11.6 Å². The van der Waals surface area contributed by atoms with Gasteiger partial charge in [0.05, 0.1) is 0 Å². The van der Waals surface area contributed by atoms with E-state index >= 15 is 0 Å². The lowest BCUT2D eigenvalue weighted by atomic mass is 9.72. The molecule has 0 unspecified atom stereocenters. The summed E-state index contributed by atoms with van der Waals surface area (Å²) in [4.78, 5) is 0. The molecule has 0 aromatic heterocycles. The van der Waals surface area contributed by atoms with Crippen LogP contribution in [-0.2, 0) is 6.42 Å². The maximum atomic E-state index is 13.0. The molecule has 1 aliphatic carbocycles. The molecule has 17 heavy (non-hydrogen) atoms. The standard InChI is InChI=1S/C14H17BrClF/c15-13-8-12(17)5-4-11(13)9-14(10-16)6-2-1-3-7-14/h4-5,8H,1-3,6-7,9-10H2. The molecule has 0 radical (unpaired) electrons. The van der Waals surface area contributed by atoms with Gasteiger partial charge in [0.25, 0.3) is 0 Å². The van der Waals surface area contributed by atoms with E-state index in [1.165, 1.54) is 43.7 Å². The van der Waals surface area contributed by atoms with Crippen LogP contribution in [0.4, 0.5) is 4.39 Å². The second kappa shape index (κ2) is 5.71. The van der Waals surface area contributed by atoms with Crippen molar-refractivity contribution in [2.24, 2.45) is 5.41 Å². The number of rotatable bonds is 3. The Morgan fingerprint density at radius 1 is 1.24 bits per heavy atom. The van der Waals surface area contributed by atoms with Crippen LogP contribution in [0.3, 0.4) is 0 Å². The number of hydrogen-bond donors (Lipinski definition) is 0. The molecule has 1 aromatic carbocycles. The largest absolute Gasteiger partial charge is 0.207 e. The van der Waals surface area contributed by atoms with Gasteiger partial charge in [-0.1, -0.05) is 41.3 Å². The molecule has 0 atom stereocenters. The molecule has 1 aliphatic rings. The SMILES string of the molecule is Fc1ccc(CC2(CCl)CCCCC2)c(Br)c1. The molecule has 1 fully saturated rings. The van der Waals surface area contributed by atoms with Crippen LogP contribution >= 0.6 is 27.5 Å². The van der Waals surface area contributed by atoms with Crippen molar-refractivity contribution in [1.29, 1.82) is 0 Å². The van der Waals surface area contributed by atoms with Crippen molar-refractivity contribution in [3.63, 3.8) is 0 Å². The third-order valence-electron chi connectivity index (χ3n) is 3.78. The Balaban J connectivity index is 2.17. The van der Waals surface area contributed by atoms with Gasteiger partial charge in [0.15, 0.2) is 0 Å². The molecular weight excluding hydrogens is 303 g/mol. The van der Waals surface area contributed by atoms with Gasteiger partial charge in [-0.3, -0.25) is 0 Å². The third kappa shape index (κ3) is 3.23. The first kappa shape index (κ1) is 13.4. The molecule has 0 heterocycles. The molecule has 2 rings (SSSR count). The maximum Gasteiger partial charge on any atom is 0.124 e. The van der Waals surface area contributed by atoms with Gasteiger partial charge in [-0.2, -0.15) is 0 Å². The van der Waals surface area contributed by atoms with Gasteiger partial charge < -0.3 is 0 Å². The number of alkyl halides is 1. The van der Waals surface area contributed by atoms with Gasteiger partial charge in [-0.05, 0) is 42.4 Å². The lowest BCUT2D eigenvalue weighted by molar-refractivity contribution is 0.219. The van der Waals surface area contributed by atoms with Gasteiger partial charge in [-0.25, -0.2) is 4.39 Å². The molecule has 0 aliphatic heterocycles. The summed E-state index contributed by atoms with van der Waals surface area (Å²) in [6, 6.07) is 4.95. The molecule has 0 amide bonds. The Morgan fingerprint density at radius 3 is 2.53 bits per heavy atom. The Bertz CT molecular complexity index is 386. The topological polar surface area (TPSA) is 0 Å². The van der Waals surface area contributed by atoms with Crippen LogP contribution < -0.4 is 0 Å². The summed E-state index contributed by atoms with van der Waals surface area (Å²) in [7, 11) is 0. The minimum atomic E-state index is -0.191. The highest BCUT2D eigenvalue weighted by atomic mass is 79.9. The molecule has 0 nitrogen and oxygen atoms in total. The van der Waals surface area contributed by atoms with Crippen LogP contribution in [0.1, 0.15) is 37.7 Å². The van der Waals surface area contributed by atoms with Crippen molar-refractivity contribution in [2.75, 3.05) is 5.88 Å². The zero-order valence-corrected chi connectivity index (χ0v) is 12.2. The first-order chi connectivity index (χ1) is 8.15. The summed E-state index contributed by atoms with van der Waals surface area (Å²) < 4.78 is 13.9. The third-order valence-corrected chi connectivity index (χ3v) is 5.08. The van der Waals surface area contributed by atoms with E-state index in [2.05, 4.69) is 15.9 Å². The molecule has 1 aromatic rings. The zero-order chi connectivity index (χ0) is 12.3. The van der Waals surface area contributed by atoms with Crippen molar-refractivity contribution >= 4 is 27.5 Å². The molecule has 0 bridgehead atoms. The molecule has 94 valence electrons. The van der Waals surface area contributed by atoms with Crippen LogP contribution in [0.15, 0.2) is 22.7 Å². The quantitative estimate of drug-likeness (QED) is 0.661. The van der Waals surface area contributed by atoms with Crippen LogP contribution in [0.25, 0.3) is 0 Å². The minimum absolute atomic E-state index is 0.191. The first-order valence-corrected chi connectivity index (χ1v) is 7.48. The van der Waals surface area contributed by atoms with Crippen molar-refractivity contribution in [2.45, 2.75) is 38.5 Å². The summed E-state index contributed by atoms with van der Waals surface area (Å²) in [5.41, 5.74) is 1.40. The Labute approximate surface area is 116 Å². The Hall–Kier alpha value is -0.0800. The highest BCUT2D eigenvalue weighted by Crippen LogP contribution is 2.41. The van der Waals surface area contributed by atoms with Gasteiger partial charge in [-0.15, -0.1) is 11.6 Å². The predicted molar refractivity (Wildman–Crippen MR) is 74.0 cm³/mol. The normalized spacial score (nSPS) is 19.2. The van der Waals surface area contributed by atoms with E-state index in [-0.39, 0.29) is 11.2 Å². The first-order valence-electron chi connectivity index (χ1n) is 6.15. The molecule has 1 saturated carbocycles. The second-order valence-electron chi connectivity index (χ2n) is 5.11. The second-order valence-corrected chi connectivity index (χ2v) is 6.23. The van der Waals surface area contributed by atoms with Crippen molar-refractivity contribution in [3.05, 3.63) is 34.1 Å². The predicted octanol–water partition coefficient (Wildman–Crippen LogP) is 5.32. The number of halogens is 3. The maximum absolute atomic E-state index is 13.0. The van der Waals surface area contributed by atoms with Crippen molar-refractivity contribution in [1.82, 2.24) is 0 Å². The van der Waals surface area contributed by atoms with E-state index in [0.717, 1.165) is 10.9 Å². The smallest absolute Gasteiger partial charge is 0.124 e. The molecule has 3 heteroatoms. The fourth-order valence-electron chi connectivity index (χ4n) is 2.73. The average Bonchev–Trinajstić information content (AvgIpc) is 2.34. The van der Waals surface area contributed by atoms with E-state index in [1.54, 1.807) is 6.07 Å². The van der Waals surface area contributed by atoms with Gasteiger partial charge in [0, 0.05) is 10.4 Å². The van der Waals surface area contributed by atoms with Crippen LogP contribution in [0, 0.1) is 11.2 Å². The average molecular weight is 320 g/mol. The summed E-state index contributed by atoms with van der Waals surface area (Å²) in [6.07, 6.45) is 7.21. The van der Waals surface area contributed by atoms with Gasteiger partial charge >= 0.3 is 0 Å². The number of hydrogen-bond acceptors (Lipinski definition) is 0. The summed E-state index contributed by atoms with van der Waals surface area (Å²) in [5, 5.41) is 0. The van der Waals surface area contributed by atoms with Crippen molar-refractivity contribution in [3.8, 4) is 0 Å². The van der Waals surface area contributed by atoms with E-state index in [9.17, 15) is 4.39 Å². The fourth-order valence-corrected chi connectivity index (χ4v) is 3.58. The van der Waals surface area contributed by atoms with Gasteiger partial charge in [0.2, 0.25) is 0 Å². The van der Waals surface area contributed by atoms with Crippen molar-refractivity contribution < 1.29 is 4.39 Å². The van der Waals surface area contributed by atoms with E-state index in [0.29, 0.717) is 5.88 Å². The fraction of sp³-hybridized carbons (Fsp3) is 0.571. The highest BCUT2D eigenvalue weighted by molar-refractivity contribution is 9.10. The highest BCUT2D eigenvalue weighted by Gasteiger charge is 2.31. The lowest BCUT2D eigenvalue weighted by Crippen LogP contribution is -2.28. The van der Waals surface area contributed by atoms with Crippen LogP contribution in [0.2, 0.25) is 0 Å². The Kier molecular flexibility index (Phi) is 4.48. The summed E-state index contributed by atoms with van der Waals surface area (Å²) in [5.74, 6) is 0.515. The summed E-state index contributed by atoms with van der Waals surface area (Å²) >= 11 is 9.63. The molecule has 0 N–H and O–H groups in total.